The molecule has 0 spiro atoms. The van der Waals surface area contributed by atoms with Crippen molar-refractivity contribution in [2.45, 2.75) is 12.5 Å². The van der Waals surface area contributed by atoms with Crippen molar-refractivity contribution in [2.24, 2.45) is 0 Å². The Hall–Kier alpha value is -3.23. The molecule has 1 atom stereocenters. The van der Waals surface area contributed by atoms with Gasteiger partial charge in [0.1, 0.15) is 11.5 Å². The molecule has 0 bridgehead atoms. The summed E-state index contributed by atoms with van der Waals surface area (Å²) >= 11 is 0.927. The van der Waals surface area contributed by atoms with Gasteiger partial charge in [-0.1, -0.05) is 24.3 Å². The fourth-order valence-electron chi connectivity index (χ4n) is 3.97. The van der Waals surface area contributed by atoms with Gasteiger partial charge in [-0.25, -0.2) is 0 Å². The maximum absolute atomic E-state index is 13.1. The Labute approximate surface area is 169 Å². The smallest absolute Gasteiger partial charge is 0.261 e. The highest BCUT2D eigenvalue weighted by atomic mass is 32.1. The predicted octanol–water partition coefficient (Wildman–Crippen LogP) is 2.18. The zero-order chi connectivity index (χ0) is 20.3. The van der Waals surface area contributed by atoms with E-state index in [1.54, 1.807) is 24.3 Å². The highest BCUT2D eigenvalue weighted by molar-refractivity contribution is 7.16. The van der Waals surface area contributed by atoms with Gasteiger partial charge < -0.3 is 20.8 Å². The lowest BCUT2D eigenvalue weighted by atomic mass is 9.85. The first-order chi connectivity index (χ1) is 14.0. The predicted molar refractivity (Wildman–Crippen MR) is 107 cm³/mol. The third kappa shape index (κ3) is 2.56. The minimum Gasteiger partial charge on any atom is -0.506 e. The molecule has 1 aliphatic heterocycles. The molecule has 2 aromatic carbocycles. The van der Waals surface area contributed by atoms with Crippen LogP contribution in [0.1, 0.15) is 47.2 Å². The van der Waals surface area contributed by atoms with Crippen molar-refractivity contribution in [3.05, 3.63) is 56.8 Å². The van der Waals surface area contributed by atoms with Crippen LogP contribution in [-0.4, -0.2) is 46.8 Å². The zero-order valence-corrected chi connectivity index (χ0v) is 15.9. The molecule has 1 aliphatic carbocycles. The summed E-state index contributed by atoms with van der Waals surface area (Å²) in [6.07, 6.45) is 0.814. The van der Waals surface area contributed by atoms with Gasteiger partial charge in [0.15, 0.2) is 5.78 Å². The molecule has 0 unspecified atom stereocenters. The number of carbonyl (C=O) groups is 3. The number of benzene rings is 2. The van der Waals surface area contributed by atoms with Crippen LogP contribution in [0, 0.1) is 0 Å². The molecule has 2 aliphatic rings. The van der Waals surface area contributed by atoms with Gasteiger partial charge in [0, 0.05) is 28.9 Å². The molecule has 8 heteroatoms. The first kappa shape index (κ1) is 17.8. The molecule has 1 aromatic heterocycles. The van der Waals surface area contributed by atoms with Gasteiger partial charge in [-0.15, -0.1) is 11.3 Å². The van der Waals surface area contributed by atoms with Crippen LogP contribution in [0.25, 0.3) is 10.8 Å². The van der Waals surface area contributed by atoms with Gasteiger partial charge in [0.05, 0.1) is 20.9 Å². The van der Waals surface area contributed by atoms with Gasteiger partial charge >= 0.3 is 0 Å². The monoisotopic (exact) mass is 408 g/mol. The summed E-state index contributed by atoms with van der Waals surface area (Å²) in [5.74, 6) is -2.17. The molecular formula is C21H16N2O5S. The summed E-state index contributed by atoms with van der Waals surface area (Å²) in [4.78, 5) is 39.1. The van der Waals surface area contributed by atoms with E-state index in [0.717, 1.165) is 24.3 Å². The molecule has 5 rings (SSSR count). The number of amides is 1. The summed E-state index contributed by atoms with van der Waals surface area (Å²) in [7, 11) is 0. The standard InChI is InChI=1S/C21H16N2O5S/c24-16-10-3-1-2-4-11(10)17(25)15-14(16)18(26)12-7-13(29-20(12)19(15)27)21(28)23-9-5-6-22-8-9/h1-4,7,9,22,24-25H,5-6,8H2,(H,23,28)/t9-/m1/s1. The number of ketones is 2. The van der Waals surface area contributed by atoms with E-state index in [4.69, 9.17) is 0 Å². The van der Waals surface area contributed by atoms with Crippen LogP contribution >= 0.6 is 11.3 Å². The third-order valence-electron chi connectivity index (χ3n) is 5.42. The lowest BCUT2D eigenvalue weighted by Gasteiger charge is -2.18. The van der Waals surface area contributed by atoms with Crippen molar-refractivity contribution in [2.75, 3.05) is 13.1 Å². The number of hydrogen-bond donors (Lipinski definition) is 4. The molecule has 7 nitrogen and oxygen atoms in total. The Morgan fingerprint density at radius 1 is 1.07 bits per heavy atom. The van der Waals surface area contributed by atoms with Crippen molar-refractivity contribution in [1.82, 2.24) is 10.6 Å². The first-order valence-corrected chi connectivity index (χ1v) is 10.0. The number of phenols is 2. The number of thiophene rings is 1. The number of hydrogen-bond acceptors (Lipinski definition) is 7. The highest BCUT2D eigenvalue weighted by Gasteiger charge is 2.38. The number of carbonyl (C=O) groups excluding carboxylic acids is 3. The maximum atomic E-state index is 13.1. The van der Waals surface area contributed by atoms with Gasteiger partial charge in [-0.2, -0.15) is 0 Å². The molecule has 146 valence electrons. The molecule has 0 radical (unpaired) electrons. The SMILES string of the molecule is O=C(N[C@@H]1CCNC1)c1cc2c(s1)C(=O)c1c(c(O)c3ccccc3c1O)C2=O. The fourth-order valence-corrected chi connectivity index (χ4v) is 4.97. The highest BCUT2D eigenvalue weighted by Crippen LogP contribution is 2.45. The maximum Gasteiger partial charge on any atom is 0.261 e. The van der Waals surface area contributed by atoms with Crippen molar-refractivity contribution in [3.63, 3.8) is 0 Å². The van der Waals surface area contributed by atoms with Crippen LogP contribution in [0.3, 0.4) is 0 Å². The summed E-state index contributed by atoms with van der Waals surface area (Å²) in [5.41, 5.74) is -0.358. The van der Waals surface area contributed by atoms with E-state index in [-0.39, 0.29) is 60.7 Å². The molecule has 0 saturated carbocycles. The Balaban J connectivity index is 1.63. The molecule has 1 fully saturated rings. The molecule has 1 saturated heterocycles. The van der Waals surface area contributed by atoms with Crippen molar-refractivity contribution in [1.29, 1.82) is 0 Å². The average Bonchev–Trinajstić information content (AvgIpc) is 3.39. The summed E-state index contributed by atoms with van der Waals surface area (Å²) in [5, 5.41) is 28.0. The van der Waals surface area contributed by atoms with Crippen LogP contribution in [0.4, 0.5) is 0 Å². The second-order valence-corrected chi connectivity index (χ2v) is 8.22. The van der Waals surface area contributed by atoms with Crippen LogP contribution in [-0.2, 0) is 0 Å². The van der Waals surface area contributed by atoms with Crippen LogP contribution in [0.15, 0.2) is 30.3 Å². The lowest BCUT2D eigenvalue weighted by molar-refractivity contribution is 0.0943. The van der Waals surface area contributed by atoms with E-state index in [2.05, 4.69) is 10.6 Å². The normalized spacial score (nSPS) is 18.0. The minimum atomic E-state index is -0.578. The number of phenolic OH excluding ortho intramolecular Hbond substituents is 2. The van der Waals surface area contributed by atoms with Gasteiger partial charge in [-0.3, -0.25) is 14.4 Å². The minimum absolute atomic E-state index is 0.00335. The molecule has 2 heterocycles. The second-order valence-electron chi connectivity index (χ2n) is 7.17. The number of fused-ring (bicyclic) bond motifs is 3. The summed E-state index contributed by atoms with van der Waals surface area (Å²) < 4.78 is 0. The Kier molecular flexibility index (Phi) is 3.94. The van der Waals surface area contributed by atoms with E-state index in [0.29, 0.717) is 6.54 Å². The van der Waals surface area contributed by atoms with E-state index >= 15 is 0 Å². The van der Waals surface area contributed by atoms with Crippen LogP contribution in [0.2, 0.25) is 0 Å². The van der Waals surface area contributed by atoms with Crippen LogP contribution in [0.5, 0.6) is 11.5 Å². The Morgan fingerprint density at radius 2 is 1.72 bits per heavy atom. The van der Waals surface area contributed by atoms with E-state index in [1.165, 1.54) is 6.07 Å². The fraction of sp³-hybridized carbons (Fsp3) is 0.190. The third-order valence-corrected chi connectivity index (χ3v) is 6.55. The topological polar surface area (TPSA) is 116 Å². The largest absolute Gasteiger partial charge is 0.506 e. The van der Waals surface area contributed by atoms with Crippen molar-refractivity contribution >= 4 is 39.6 Å². The second kappa shape index (κ2) is 6.40. The lowest BCUT2D eigenvalue weighted by Crippen LogP contribution is -2.35. The number of nitrogens with one attached hydrogen (secondary N) is 2. The van der Waals surface area contributed by atoms with E-state index in [1.807, 2.05) is 0 Å². The van der Waals surface area contributed by atoms with E-state index in [9.17, 15) is 24.6 Å². The van der Waals surface area contributed by atoms with Gasteiger partial charge in [0.2, 0.25) is 5.78 Å². The molecular weight excluding hydrogens is 392 g/mol. The summed E-state index contributed by atoms with van der Waals surface area (Å²) in [6.45, 7) is 1.50. The quantitative estimate of drug-likeness (QED) is 0.378. The summed E-state index contributed by atoms with van der Waals surface area (Å²) in [6, 6.07) is 7.87. The number of rotatable bonds is 2. The molecule has 29 heavy (non-hydrogen) atoms. The van der Waals surface area contributed by atoms with Gasteiger partial charge in [0.25, 0.3) is 5.91 Å². The Bertz CT molecular complexity index is 1150. The Morgan fingerprint density at radius 3 is 2.34 bits per heavy atom. The average molecular weight is 408 g/mol. The van der Waals surface area contributed by atoms with Gasteiger partial charge in [-0.05, 0) is 19.0 Å². The molecule has 4 N–H and O–H groups in total. The first-order valence-electron chi connectivity index (χ1n) is 9.18. The molecule has 1 amide bonds. The zero-order valence-electron chi connectivity index (χ0n) is 15.1. The van der Waals surface area contributed by atoms with Crippen LogP contribution < -0.4 is 10.6 Å². The number of aromatic hydroxyl groups is 2. The molecule has 3 aromatic rings. The van der Waals surface area contributed by atoms with Crippen molar-refractivity contribution < 1.29 is 24.6 Å². The van der Waals surface area contributed by atoms with E-state index < -0.39 is 11.6 Å². The van der Waals surface area contributed by atoms with Crippen molar-refractivity contribution in [3.8, 4) is 11.5 Å².